The molecule has 0 saturated heterocycles. The monoisotopic (exact) mass is 419 g/mol. The quantitative estimate of drug-likeness (QED) is 0.721. The van der Waals surface area contributed by atoms with E-state index in [4.69, 9.17) is 0 Å². The van der Waals surface area contributed by atoms with Gasteiger partial charge >= 0.3 is 6.18 Å². The van der Waals surface area contributed by atoms with Gasteiger partial charge in [0.15, 0.2) is 11.5 Å². The van der Waals surface area contributed by atoms with Crippen molar-refractivity contribution in [1.82, 2.24) is 0 Å². The van der Waals surface area contributed by atoms with Crippen LogP contribution in [0.25, 0.3) is 0 Å². The van der Waals surface area contributed by atoms with E-state index in [1.54, 1.807) is 6.07 Å². The van der Waals surface area contributed by atoms with Crippen molar-refractivity contribution < 1.29 is 33.0 Å². The minimum absolute atomic E-state index is 0.0437. The molecular weight excluding hydrogens is 399 g/mol. The third-order valence-electron chi connectivity index (χ3n) is 4.76. The fourth-order valence-corrected chi connectivity index (χ4v) is 3.46. The number of anilines is 1. The lowest BCUT2D eigenvalue weighted by molar-refractivity contribution is -0.137. The van der Waals surface area contributed by atoms with Crippen molar-refractivity contribution in [1.29, 1.82) is 0 Å². The number of ketones is 1. The van der Waals surface area contributed by atoms with Crippen molar-refractivity contribution in [2.45, 2.75) is 32.5 Å². The van der Waals surface area contributed by atoms with Crippen LogP contribution in [0.2, 0.25) is 0 Å². The van der Waals surface area contributed by atoms with E-state index >= 15 is 0 Å². The number of amides is 1. The van der Waals surface area contributed by atoms with E-state index in [0.717, 1.165) is 29.2 Å². The Morgan fingerprint density at radius 1 is 1.10 bits per heavy atom. The van der Waals surface area contributed by atoms with E-state index in [2.05, 4.69) is 0 Å². The molecule has 30 heavy (non-hydrogen) atoms. The minimum atomic E-state index is -4.54. The smallest absolute Gasteiger partial charge is 0.416 e. The molecule has 8 heteroatoms. The number of aromatic hydroxyl groups is 1. The van der Waals surface area contributed by atoms with Gasteiger partial charge in [-0.2, -0.15) is 13.2 Å². The highest BCUT2D eigenvalue weighted by molar-refractivity contribution is 6.16. The van der Waals surface area contributed by atoms with E-state index in [9.17, 15) is 33.0 Å². The van der Waals surface area contributed by atoms with E-state index in [-0.39, 0.29) is 29.3 Å². The SMILES string of the molecule is CC(C)CC(=O)C1=C(O)C(=O)N(c2ccc(C(F)(F)F)cc2)C1c1cccc(O)c1. The lowest BCUT2D eigenvalue weighted by Gasteiger charge is -2.27. The predicted octanol–water partition coefficient (Wildman–Crippen LogP) is 4.93. The van der Waals surface area contributed by atoms with Crippen LogP contribution >= 0.6 is 0 Å². The second-order valence-electron chi connectivity index (χ2n) is 7.50. The summed E-state index contributed by atoms with van der Waals surface area (Å²) in [5, 5.41) is 20.3. The van der Waals surface area contributed by atoms with E-state index < -0.39 is 35.2 Å². The molecule has 0 saturated carbocycles. The van der Waals surface area contributed by atoms with Crippen LogP contribution < -0.4 is 4.90 Å². The standard InChI is InChI=1S/C22H20F3NO4/c1-12(2)10-17(28)18-19(13-4-3-5-16(27)11-13)26(21(30)20(18)29)15-8-6-14(7-9-15)22(23,24)25/h3-9,11-12,19,27,29H,10H2,1-2H3. The number of halogens is 3. The first-order valence-corrected chi connectivity index (χ1v) is 9.26. The molecule has 5 nitrogen and oxygen atoms in total. The summed E-state index contributed by atoms with van der Waals surface area (Å²) in [5.41, 5.74) is -0.598. The number of benzene rings is 2. The van der Waals surface area contributed by atoms with Gasteiger partial charge in [-0.25, -0.2) is 0 Å². The van der Waals surface area contributed by atoms with Gasteiger partial charge < -0.3 is 10.2 Å². The third kappa shape index (κ3) is 4.03. The summed E-state index contributed by atoms with van der Waals surface area (Å²) in [6, 6.07) is 8.63. The van der Waals surface area contributed by atoms with Crippen LogP contribution in [0.1, 0.15) is 37.4 Å². The van der Waals surface area contributed by atoms with Crippen LogP contribution in [-0.2, 0) is 15.8 Å². The Bertz CT molecular complexity index is 1010. The number of carbonyl (C=O) groups excluding carboxylic acids is 2. The summed E-state index contributed by atoms with van der Waals surface area (Å²) in [5.74, 6) is -2.24. The van der Waals surface area contributed by atoms with Gasteiger partial charge in [0.25, 0.3) is 5.91 Å². The second kappa shape index (κ2) is 7.85. The van der Waals surface area contributed by atoms with Crippen LogP contribution in [0.15, 0.2) is 59.9 Å². The average Bonchev–Trinajstić information content (AvgIpc) is 2.92. The van der Waals surface area contributed by atoms with Gasteiger partial charge in [-0.15, -0.1) is 0 Å². The van der Waals surface area contributed by atoms with Crippen molar-refractivity contribution in [3.8, 4) is 5.75 Å². The lowest BCUT2D eigenvalue weighted by atomic mass is 9.92. The van der Waals surface area contributed by atoms with Gasteiger partial charge in [0.2, 0.25) is 0 Å². The summed E-state index contributed by atoms with van der Waals surface area (Å²) in [6.45, 7) is 3.62. The number of phenolic OH excluding ortho intramolecular Hbond substituents is 1. The largest absolute Gasteiger partial charge is 0.508 e. The Morgan fingerprint density at radius 3 is 2.27 bits per heavy atom. The Labute approximate surface area is 171 Å². The Hall–Kier alpha value is -3.29. The van der Waals surface area contributed by atoms with Crippen molar-refractivity contribution in [3.05, 3.63) is 71.0 Å². The highest BCUT2D eigenvalue weighted by atomic mass is 19.4. The Morgan fingerprint density at radius 2 is 1.73 bits per heavy atom. The number of aliphatic hydroxyl groups is 1. The summed E-state index contributed by atoms with van der Waals surface area (Å²) in [6.07, 6.45) is -4.47. The van der Waals surface area contributed by atoms with Crippen LogP contribution in [-0.4, -0.2) is 21.9 Å². The number of hydrogen-bond acceptors (Lipinski definition) is 4. The summed E-state index contributed by atoms with van der Waals surface area (Å²) >= 11 is 0. The van der Waals surface area contributed by atoms with Crippen molar-refractivity contribution in [2.75, 3.05) is 4.90 Å². The first kappa shape index (κ1) is 21.4. The lowest BCUT2D eigenvalue weighted by Crippen LogP contribution is -2.31. The van der Waals surface area contributed by atoms with Gasteiger partial charge in [-0.3, -0.25) is 14.5 Å². The van der Waals surface area contributed by atoms with Crippen LogP contribution in [0, 0.1) is 5.92 Å². The number of nitrogens with zero attached hydrogens (tertiary/aromatic N) is 1. The zero-order chi connectivity index (χ0) is 22.2. The molecular formula is C22H20F3NO4. The van der Waals surface area contributed by atoms with Gasteiger partial charge in [0, 0.05) is 12.1 Å². The molecule has 2 aromatic carbocycles. The molecule has 0 bridgehead atoms. The van der Waals surface area contributed by atoms with Crippen molar-refractivity contribution in [2.24, 2.45) is 5.92 Å². The summed E-state index contributed by atoms with van der Waals surface area (Å²) < 4.78 is 38.7. The zero-order valence-corrected chi connectivity index (χ0v) is 16.3. The molecule has 1 atom stereocenters. The van der Waals surface area contributed by atoms with Crippen molar-refractivity contribution >= 4 is 17.4 Å². The predicted molar refractivity (Wildman–Crippen MR) is 104 cm³/mol. The maximum atomic E-state index is 12.9. The fourth-order valence-electron chi connectivity index (χ4n) is 3.46. The fraction of sp³-hybridized carbons (Fsp3) is 0.273. The molecule has 0 spiro atoms. The highest BCUT2D eigenvalue weighted by Gasteiger charge is 2.44. The van der Waals surface area contributed by atoms with Crippen molar-refractivity contribution in [3.63, 3.8) is 0 Å². The van der Waals surface area contributed by atoms with Crippen LogP contribution in [0.4, 0.5) is 18.9 Å². The first-order valence-electron chi connectivity index (χ1n) is 9.26. The molecule has 0 aromatic heterocycles. The maximum Gasteiger partial charge on any atom is 0.416 e. The summed E-state index contributed by atoms with van der Waals surface area (Å²) in [4.78, 5) is 26.7. The molecule has 2 N–H and O–H groups in total. The van der Waals surface area contributed by atoms with E-state index in [1.807, 2.05) is 13.8 Å². The number of hydrogen-bond donors (Lipinski definition) is 2. The third-order valence-corrected chi connectivity index (χ3v) is 4.76. The normalized spacial score (nSPS) is 17.2. The molecule has 1 heterocycles. The number of aliphatic hydroxyl groups excluding tert-OH is 1. The molecule has 1 amide bonds. The van der Waals surface area contributed by atoms with Gasteiger partial charge in [0.1, 0.15) is 5.75 Å². The molecule has 1 unspecified atom stereocenters. The number of Topliss-reactive ketones (excluding diaryl/α,β-unsaturated/α-hetero) is 1. The highest BCUT2D eigenvalue weighted by Crippen LogP contribution is 2.43. The maximum absolute atomic E-state index is 12.9. The molecule has 3 rings (SSSR count). The van der Waals surface area contributed by atoms with Gasteiger partial charge in [-0.05, 0) is 47.9 Å². The van der Waals surface area contributed by atoms with Gasteiger partial charge in [0.05, 0.1) is 17.2 Å². The average molecular weight is 419 g/mol. The Kier molecular flexibility index (Phi) is 5.61. The topological polar surface area (TPSA) is 77.8 Å². The molecule has 158 valence electrons. The van der Waals surface area contributed by atoms with Gasteiger partial charge in [-0.1, -0.05) is 26.0 Å². The van der Waals surface area contributed by atoms with Crippen LogP contribution in [0.3, 0.4) is 0 Å². The Balaban J connectivity index is 2.12. The molecule has 1 aliphatic rings. The number of carbonyl (C=O) groups is 2. The molecule has 2 aromatic rings. The van der Waals surface area contributed by atoms with E-state index in [0.29, 0.717) is 5.56 Å². The minimum Gasteiger partial charge on any atom is -0.508 e. The summed E-state index contributed by atoms with van der Waals surface area (Å²) in [7, 11) is 0. The number of phenols is 1. The molecule has 1 aliphatic heterocycles. The molecule has 0 radical (unpaired) electrons. The molecule has 0 aliphatic carbocycles. The number of rotatable bonds is 5. The number of alkyl halides is 3. The van der Waals surface area contributed by atoms with Crippen LogP contribution in [0.5, 0.6) is 5.75 Å². The first-order chi connectivity index (χ1) is 14.0. The zero-order valence-electron chi connectivity index (χ0n) is 16.3. The van der Waals surface area contributed by atoms with E-state index in [1.165, 1.54) is 18.2 Å². The second-order valence-corrected chi connectivity index (χ2v) is 7.50. The molecule has 0 fully saturated rings.